The van der Waals surface area contributed by atoms with Crippen LogP contribution >= 0.6 is 30.3 Å². The zero-order valence-electron chi connectivity index (χ0n) is 18.3. The van der Waals surface area contributed by atoms with Gasteiger partial charge in [0.15, 0.2) is 5.65 Å². The molecular weight excluding hydrogens is 567 g/mol. The van der Waals surface area contributed by atoms with Crippen LogP contribution in [0.3, 0.4) is 0 Å². The first-order valence-electron chi connectivity index (χ1n) is 10.8. The number of carbonyl (C=O) groups excluding carboxylic acids is 1. The number of carbonyl (C=O) groups is 1. The minimum Gasteiger partial charge on any atom is -0.376 e. The molecule has 0 spiro atoms. The van der Waals surface area contributed by atoms with E-state index in [9.17, 15) is 14.9 Å². The smallest absolute Gasteiger partial charge is 0.311 e. The van der Waals surface area contributed by atoms with E-state index in [1.807, 2.05) is 45.4 Å². The molecule has 0 bridgehead atoms. The lowest BCUT2D eigenvalue weighted by molar-refractivity contribution is -0.384. The lowest BCUT2D eigenvalue weighted by Crippen LogP contribution is -2.41. The van der Waals surface area contributed by atoms with Crippen molar-refractivity contribution in [2.75, 3.05) is 18.4 Å². The van der Waals surface area contributed by atoms with Gasteiger partial charge in [-0.25, -0.2) is 9.97 Å². The molecule has 1 aromatic carbocycles. The predicted octanol–water partition coefficient (Wildman–Crippen LogP) is 5.43. The van der Waals surface area contributed by atoms with Gasteiger partial charge in [-0.15, -0.1) is 0 Å². The Hall–Kier alpha value is -2.93. The van der Waals surface area contributed by atoms with E-state index >= 15 is 0 Å². The number of nitro groups is 1. The number of fused-ring (bicyclic) bond motifs is 2. The Morgan fingerprint density at radius 3 is 2.74 bits per heavy atom. The molecule has 5 rings (SSSR count). The van der Waals surface area contributed by atoms with Gasteiger partial charge in [-0.2, -0.15) is 0 Å². The van der Waals surface area contributed by atoms with Crippen LogP contribution in [0.4, 0.5) is 11.4 Å². The highest BCUT2D eigenvalue weighted by Crippen LogP contribution is 2.38. The fourth-order valence-corrected chi connectivity index (χ4v) is 5.75. The minimum atomic E-state index is -0.394. The summed E-state index contributed by atoms with van der Waals surface area (Å²) in [6, 6.07) is 9.81. The van der Waals surface area contributed by atoms with Crippen molar-refractivity contribution in [3.05, 3.63) is 59.0 Å². The third kappa shape index (κ3) is 4.17. The number of piperidine rings is 1. The second kappa shape index (κ2) is 9.37. The number of pyridine rings is 2. The summed E-state index contributed by atoms with van der Waals surface area (Å²) in [5.41, 5.74) is 3.91. The van der Waals surface area contributed by atoms with Crippen LogP contribution in [0.25, 0.3) is 33.1 Å². The van der Waals surface area contributed by atoms with E-state index in [2.05, 4.69) is 36.5 Å². The van der Waals surface area contributed by atoms with Crippen molar-refractivity contribution in [2.45, 2.75) is 25.8 Å². The third-order valence-electron chi connectivity index (χ3n) is 6.25. The van der Waals surface area contributed by atoms with E-state index in [4.69, 9.17) is 0 Å². The van der Waals surface area contributed by atoms with Crippen molar-refractivity contribution in [1.29, 1.82) is 0 Å². The molecule has 1 saturated heterocycles. The molecule has 0 atom stereocenters. The van der Waals surface area contributed by atoms with Gasteiger partial charge in [-0.3, -0.25) is 18.9 Å². The summed E-state index contributed by atoms with van der Waals surface area (Å²) >= 11 is 2.22. The van der Waals surface area contributed by atoms with Crippen molar-refractivity contribution < 1.29 is 9.72 Å². The number of rotatable bonds is 5. The molecule has 3 aromatic heterocycles. The predicted molar refractivity (Wildman–Crippen MR) is 143 cm³/mol. The summed E-state index contributed by atoms with van der Waals surface area (Å²) < 4.78 is 2.00. The highest BCUT2D eigenvalue weighted by molar-refractivity contribution is 14.2. The van der Waals surface area contributed by atoms with Gasteiger partial charge in [0, 0.05) is 85.1 Å². The number of hydrogen-bond acceptors (Lipinski definition) is 7. The lowest BCUT2D eigenvalue weighted by Gasteiger charge is -2.32. The zero-order chi connectivity index (χ0) is 23.8. The van der Waals surface area contributed by atoms with Gasteiger partial charge in [0.2, 0.25) is 5.91 Å². The molecule has 1 amide bonds. The van der Waals surface area contributed by atoms with E-state index in [-0.39, 0.29) is 17.6 Å². The van der Waals surface area contributed by atoms with E-state index in [1.54, 1.807) is 13.1 Å². The molecule has 34 heavy (non-hydrogen) atoms. The Kier molecular flexibility index (Phi) is 6.30. The molecule has 4 heterocycles. The number of aromatic nitrogens is 3. The van der Waals surface area contributed by atoms with Gasteiger partial charge < -0.3 is 10.2 Å². The third-order valence-corrected chi connectivity index (χ3v) is 7.95. The standard InChI is InChI=1S/C23H21IN6O3S/c1-14(31)28-9-6-16(7-10-28)27-22-18-11-15(4-5-20(18)26-12-21(22)30(32)33)19-13-29(34-24)23-17(19)3-2-8-25-23/h2-5,8,11-13,16H,6-7,9-10H2,1H3,(H,26,27). The molecule has 174 valence electrons. The van der Waals surface area contributed by atoms with E-state index < -0.39 is 4.92 Å². The van der Waals surface area contributed by atoms with Gasteiger partial charge in [0.1, 0.15) is 11.9 Å². The molecule has 1 aliphatic heterocycles. The maximum Gasteiger partial charge on any atom is 0.311 e. The van der Waals surface area contributed by atoms with Crippen LogP contribution in [-0.2, 0) is 4.79 Å². The second-order valence-corrected chi connectivity index (χ2v) is 9.96. The molecule has 1 N–H and O–H groups in total. The van der Waals surface area contributed by atoms with Crippen molar-refractivity contribution >= 4 is 69.5 Å². The highest BCUT2D eigenvalue weighted by atomic mass is 127. The van der Waals surface area contributed by atoms with Crippen LogP contribution < -0.4 is 5.32 Å². The summed E-state index contributed by atoms with van der Waals surface area (Å²) in [6.45, 7) is 2.84. The number of nitrogens with one attached hydrogen (secondary N) is 1. The van der Waals surface area contributed by atoms with Gasteiger partial charge in [0.25, 0.3) is 0 Å². The first-order valence-corrected chi connectivity index (χ1v) is 14.1. The van der Waals surface area contributed by atoms with Gasteiger partial charge in [0.05, 0.1) is 10.4 Å². The van der Waals surface area contributed by atoms with Crippen molar-refractivity contribution in [3.8, 4) is 11.1 Å². The van der Waals surface area contributed by atoms with Crippen molar-refractivity contribution in [2.24, 2.45) is 0 Å². The monoisotopic (exact) mass is 588 g/mol. The van der Waals surface area contributed by atoms with Crippen LogP contribution in [0.1, 0.15) is 19.8 Å². The van der Waals surface area contributed by atoms with Crippen LogP contribution in [0.2, 0.25) is 0 Å². The average molecular weight is 588 g/mol. The lowest BCUT2D eigenvalue weighted by atomic mass is 10.0. The zero-order valence-corrected chi connectivity index (χ0v) is 21.2. The molecule has 9 nitrogen and oxygen atoms in total. The maximum atomic E-state index is 11.9. The van der Waals surface area contributed by atoms with Crippen LogP contribution in [0.5, 0.6) is 0 Å². The number of amides is 1. The molecule has 0 radical (unpaired) electrons. The number of nitrogens with zero attached hydrogens (tertiary/aromatic N) is 5. The van der Waals surface area contributed by atoms with E-state index in [1.165, 1.54) is 15.3 Å². The number of hydrogen-bond donors (Lipinski definition) is 1. The summed E-state index contributed by atoms with van der Waals surface area (Å²) in [4.78, 5) is 33.8. The largest absolute Gasteiger partial charge is 0.376 e. The van der Waals surface area contributed by atoms with Crippen LogP contribution in [0.15, 0.2) is 48.9 Å². The highest BCUT2D eigenvalue weighted by Gasteiger charge is 2.25. The first kappa shape index (κ1) is 22.8. The fraction of sp³-hybridized carbons (Fsp3) is 0.261. The molecule has 0 aliphatic carbocycles. The van der Waals surface area contributed by atoms with Gasteiger partial charge >= 0.3 is 5.69 Å². The molecule has 0 saturated carbocycles. The van der Waals surface area contributed by atoms with Gasteiger partial charge in [-0.05, 0) is 42.7 Å². The molecule has 0 unspecified atom stereocenters. The second-order valence-electron chi connectivity index (χ2n) is 8.24. The SMILES string of the molecule is CC(=O)N1CCC(Nc2c([N+](=O)[O-])cnc3ccc(-c4cn(SI)c5ncccc45)cc23)CC1. The maximum absolute atomic E-state index is 11.9. The topological polar surface area (TPSA) is 106 Å². The Labute approximate surface area is 211 Å². The molecular formula is C23H21IN6O3S. The summed E-state index contributed by atoms with van der Waals surface area (Å²) in [6.07, 6.45) is 6.57. The Morgan fingerprint density at radius 2 is 2.03 bits per heavy atom. The van der Waals surface area contributed by atoms with E-state index in [0.717, 1.165) is 35.0 Å². The number of likely N-dealkylation sites (tertiary alicyclic amines) is 1. The van der Waals surface area contributed by atoms with Crippen LogP contribution in [-0.4, -0.2) is 48.8 Å². The fourth-order valence-electron chi connectivity index (χ4n) is 4.50. The normalized spacial score (nSPS) is 14.6. The van der Waals surface area contributed by atoms with E-state index in [0.29, 0.717) is 29.7 Å². The Balaban J connectivity index is 1.59. The van der Waals surface area contributed by atoms with Crippen molar-refractivity contribution in [3.63, 3.8) is 0 Å². The summed E-state index contributed by atoms with van der Waals surface area (Å²) in [5, 5.41) is 17.0. The molecule has 1 fully saturated rings. The first-order chi connectivity index (χ1) is 16.5. The van der Waals surface area contributed by atoms with Crippen molar-refractivity contribution in [1.82, 2.24) is 18.8 Å². The molecule has 1 aliphatic rings. The number of halogens is 1. The number of anilines is 1. The average Bonchev–Trinajstić information content (AvgIpc) is 3.23. The number of benzene rings is 1. The Morgan fingerprint density at radius 1 is 1.24 bits per heavy atom. The molecule has 11 heteroatoms. The molecule has 4 aromatic rings. The summed E-state index contributed by atoms with van der Waals surface area (Å²) in [5.74, 6) is 0.0572. The summed E-state index contributed by atoms with van der Waals surface area (Å²) in [7, 11) is 1.53. The van der Waals surface area contributed by atoms with Gasteiger partial charge in [-0.1, -0.05) is 6.07 Å². The minimum absolute atomic E-state index is 0.0325. The van der Waals surface area contributed by atoms with Crippen LogP contribution in [0, 0.1) is 10.1 Å². The Bertz CT molecular complexity index is 1420. The quantitative estimate of drug-likeness (QED) is 0.188.